The summed E-state index contributed by atoms with van der Waals surface area (Å²) in [5.41, 5.74) is 1.61. The standard InChI is InChI=1S/C21H18N2O3S/c1-13-22-16-7-6-14(10-19(16)27-13)20(25)23-9-8-21(12-23)11-17(24)15-4-2-3-5-18(15)26-21/h2-7,10H,8-9,11-12H2,1H3/t21-/m0/s1. The summed E-state index contributed by atoms with van der Waals surface area (Å²) in [5, 5.41) is 0.988. The first-order chi connectivity index (χ1) is 13.0. The number of aryl methyl sites for hydroxylation is 1. The van der Waals surface area contributed by atoms with Gasteiger partial charge in [-0.25, -0.2) is 4.98 Å². The van der Waals surface area contributed by atoms with Crippen LogP contribution < -0.4 is 4.74 Å². The number of rotatable bonds is 1. The lowest BCUT2D eigenvalue weighted by Crippen LogP contribution is -2.45. The highest BCUT2D eigenvalue weighted by atomic mass is 32.1. The molecule has 2 aliphatic rings. The molecule has 0 N–H and O–H groups in total. The van der Waals surface area contributed by atoms with Crippen molar-refractivity contribution in [2.45, 2.75) is 25.4 Å². The molecule has 2 aliphatic heterocycles. The first-order valence-electron chi connectivity index (χ1n) is 9.01. The van der Waals surface area contributed by atoms with Gasteiger partial charge in [0.15, 0.2) is 5.78 Å². The maximum Gasteiger partial charge on any atom is 0.254 e. The average molecular weight is 378 g/mol. The van der Waals surface area contributed by atoms with E-state index in [2.05, 4.69) is 4.98 Å². The van der Waals surface area contributed by atoms with Gasteiger partial charge in [0, 0.05) is 18.5 Å². The van der Waals surface area contributed by atoms with Crippen LogP contribution >= 0.6 is 11.3 Å². The zero-order valence-corrected chi connectivity index (χ0v) is 15.7. The summed E-state index contributed by atoms with van der Waals surface area (Å²) in [6, 6.07) is 13.0. The van der Waals surface area contributed by atoms with Crippen molar-refractivity contribution in [2.24, 2.45) is 0 Å². The molecule has 27 heavy (non-hydrogen) atoms. The molecule has 0 unspecified atom stereocenters. The van der Waals surface area contributed by atoms with Crippen molar-refractivity contribution in [1.82, 2.24) is 9.88 Å². The quantitative estimate of drug-likeness (QED) is 0.645. The Hall–Kier alpha value is -2.73. The summed E-state index contributed by atoms with van der Waals surface area (Å²) >= 11 is 1.59. The van der Waals surface area contributed by atoms with E-state index in [9.17, 15) is 9.59 Å². The fourth-order valence-corrected chi connectivity index (χ4v) is 4.91. The summed E-state index contributed by atoms with van der Waals surface area (Å²) in [6.45, 7) is 2.99. The Morgan fingerprint density at radius 1 is 1.26 bits per heavy atom. The fraction of sp³-hybridized carbons (Fsp3) is 0.286. The van der Waals surface area contributed by atoms with E-state index >= 15 is 0 Å². The zero-order chi connectivity index (χ0) is 18.6. The van der Waals surface area contributed by atoms with Gasteiger partial charge in [0.05, 0.1) is 33.8 Å². The molecular formula is C21H18N2O3S. The number of para-hydroxylation sites is 1. The zero-order valence-electron chi connectivity index (χ0n) is 14.9. The molecule has 136 valence electrons. The Bertz CT molecular complexity index is 1090. The van der Waals surface area contributed by atoms with Crippen LogP contribution in [-0.2, 0) is 0 Å². The minimum Gasteiger partial charge on any atom is -0.484 e. The monoisotopic (exact) mass is 378 g/mol. The molecule has 1 atom stereocenters. The van der Waals surface area contributed by atoms with E-state index in [1.165, 1.54) is 0 Å². The number of thiazole rings is 1. The normalized spacial score (nSPS) is 21.5. The number of hydrogen-bond acceptors (Lipinski definition) is 5. The number of hydrogen-bond donors (Lipinski definition) is 0. The van der Waals surface area contributed by atoms with E-state index in [1.807, 2.05) is 43.3 Å². The summed E-state index contributed by atoms with van der Waals surface area (Å²) in [7, 11) is 0. The van der Waals surface area contributed by atoms with E-state index in [4.69, 9.17) is 4.74 Å². The number of ketones is 1. The molecule has 5 nitrogen and oxygen atoms in total. The van der Waals surface area contributed by atoms with Crippen LogP contribution in [0.5, 0.6) is 5.75 Å². The van der Waals surface area contributed by atoms with Crippen LogP contribution in [0.15, 0.2) is 42.5 Å². The van der Waals surface area contributed by atoms with Gasteiger partial charge < -0.3 is 9.64 Å². The number of likely N-dealkylation sites (tertiary alicyclic amines) is 1. The molecule has 0 radical (unpaired) electrons. The summed E-state index contributed by atoms with van der Waals surface area (Å²) in [6.07, 6.45) is 0.988. The number of aromatic nitrogens is 1. The van der Waals surface area contributed by atoms with Crippen LogP contribution in [0.1, 0.15) is 38.6 Å². The Kier molecular flexibility index (Phi) is 3.59. The van der Waals surface area contributed by atoms with E-state index < -0.39 is 5.60 Å². The Balaban J connectivity index is 1.40. The molecule has 0 saturated carbocycles. The number of carbonyl (C=O) groups excluding carboxylic acids is 2. The Labute approximate surface area is 160 Å². The van der Waals surface area contributed by atoms with Crippen LogP contribution in [0, 0.1) is 6.92 Å². The highest BCUT2D eigenvalue weighted by Gasteiger charge is 2.47. The number of Topliss-reactive ketones (excluding diaryl/α,β-unsaturated/α-hetero) is 1. The summed E-state index contributed by atoms with van der Waals surface area (Å²) in [4.78, 5) is 31.8. The molecule has 1 amide bonds. The third-order valence-corrected chi connectivity index (χ3v) is 6.28. The summed E-state index contributed by atoms with van der Waals surface area (Å²) in [5.74, 6) is 0.701. The number of amides is 1. The highest BCUT2D eigenvalue weighted by Crippen LogP contribution is 2.39. The van der Waals surface area contributed by atoms with Gasteiger partial charge in [0.2, 0.25) is 0 Å². The van der Waals surface area contributed by atoms with Crippen molar-refractivity contribution in [3.63, 3.8) is 0 Å². The third kappa shape index (κ3) is 2.72. The second-order valence-electron chi connectivity index (χ2n) is 7.27. The molecule has 1 fully saturated rings. The average Bonchev–Trinajstić information content (AvgIpc) is 3.23. The van der Waals surface area contributed by atoms with E-state index in [0.717, 1.165) is 15.2 Å². The van der Waals surface area contributed by atoms with E-state index in [-0.39, 0.29) is 11.7 Å². The third-order valence-electron chi connectivity index (χ3n) is 5.34. The maximum absolute atomic E-state index is 13.0. The van der Waals surface area contributed by atoms with Crippen LogP contribution in [-0.4, -0.2) is 40.3 Å². The fourth-order valence-electron chi connectivity index (χ4n) is 4.04. The lowest BCUT2D eigenvalue weighted by atomic mass is 9.89. The van der Waals surface area contributed by atoms with Gasteiger partial charge in [0.25, 0.3) is 5.91 Å². The van der Waals surface area contributed by atoms with Crippen LogP contribution in [0.2, 0.25) is 0 Å². The first-order valence-corrected chi connectivity index (χ1v) is 9.82. The topological polar surface area (TPSA) is 59.5 Å². The predicted octanol–water partition coefficient (Wildman–Crippen LogP) is 3.85. The Morgan fingerprint density at radius 2 is 2.11 bits per heavy atom. The minimum absolute atomic E-state index is 0.0188. The van der Waals surface area contributed by atoms with Crippen LogP contribution in [0.25, 0.3) is 10.2 Å². The predicted molar refractivity (Wildman–Crippen MR) is 104 cm³/mol. The van der Waals surface area contributed by atoms with Crippen LogP contribution in [0.3, 0.4) is 0 Å². The second-order valence-corrected chi connectivity index (χ2v) is 8.51. The van der Waals surface area contributed by atoms with Gasteiger partial charge in [-0.2, -0.15) is 0 Å². The van der Waals surface area contributed by atoms with E-state index in [0.29, 0.717) is 42.8 Å². The number of ether oxygens (including phenoxy) is 1. The number of benzene rings is 2. The van der Waals surface area contributed by atoms with Crippen molar-refractivity contribution in [2.75, 3.05) is 13.1 Å². The van der Waals surface area contributed by atoms with Crippen molar-refractivity contribution in [3.05, 3.63) is 58.6 Å². The van der Waals surface area contributed by atoms with Gasteiger partial charge in [-0.05, 0) is 37.3 Å². The lowest BCUT2D eigenvalue weighted by Gasteiger charge is -2.34. The Morgan fingerprint density at radius 3 is 3.00 bits per heavy atom. The second kappa shape index (κ2) is 5.89. The van der Waals surface area contributed by atoms with E-state index in [1.54, 1.807) is 22.3 Å². The van der Waals surface area contributed by atoms with Gasteiger partial charge in [-0.1, -0.05) is 12.1 Å². The van der Waals surface area contributed by atoms with Crippen molar-refractivity contribution in [1.29, 1.82) is 0 Å². The van der Waals surface area contributed by atoms with Crippen molar-refractivity contribution >= 4 is 33.2 Å². The van der Waals surface area contributed by atoms with Crippen molar-refractivity contribution < 1.29 is 14.3 Å². The number of nitrogens with zero attached hydrogens (tertiary/aromatic N) is 2. The molecule has 3 aromatic rings. The molecule has 3 heterocycles. The molecule has 6 heteroatoms. The van der Waals surface area contributed by atoms with Crippen LogP contribution in [0.4, 0.5) is 0 Å². The molecule has 0 bridgehead atoms. The van der Waals surface area contributed by atoms with Gasteiger partial charge in [-0.15, -0.1) is 11.3 Å². The minimum atomic E-state index is -0.605. The number of fused-ring (bicyclic) bond motifs is 2. The lowest BCUT2D eigenvalue weighted by molar-refractivity contribution is 0.0428. The molecule has 2 aromatic carbocycles. The highest BCUT2D eigenvalue weighted by molar-refractivity contribution is 7.18. The van der Waals surface area contributed by atoms with Crippen molar-refractivity contribution in [3.8, 4) is 5.75 Å². The van der Waals surface area contributed by atoms with Gasteiger partial charge in [-0.3, -0.25) is 9.59 Å². The molecule has 5 rings (SSSR count). The smallest absolute Gasteiger partial charge is 0.254 e. The molecular weight excluding hydrogens is 360 g/mol. The molecule has 0 aliphatic carbocycles. The first kappa shape index (κ1) is 16.4. The number of carbonyl (C=O) groups is 2. The molecule has 1 saturated heterocycles. The van der Waals surface area contributed by atoms with Gasteiger partial charge >= 0.3 is 0 Å². The largest absolute Gasteiger partial charge is 0.484 e. The molecule has 1 spiro atoms. The molecule has 1 aromatic heterocycles. The maximum atomic E-state index is 13.0. The SMILES string of the molecule is Cc1nc2ccc(C(=O)N3CC[C@]4(CC(=O)c5ccccc5O4)C3)cc2s1. The van der Waals surface area contributed by atoms with Gasteiger partial charge in [0.1, 0.15) is 11.4 Å². The summed E-state index contributed by atoms with van der Waals surface area (Å²) < 4.78 is 7.24.